The Morgan fingerprint density at radius 2 is 2.24 bits per heavy atom. The van der Waals surface area contributed by atoms with E-state index in [1.807, 2.05) is 19.9 Å². The summed E-state index contributed by atoms with van der Waals surface area (Å²) in [4.78, 5) is 17.3. The Balaban J connectivity index is 1.88. The normalized spacial score (nSPS) is 16.1. The first kappa shape index (κ1) is 14.3. The molecule has 3 rings (SSSR count). The van der Waals surface area contributed by atoms with Gasteiger partial charge in [-0.25, -0.2) is 0 Å². The summed E-state index contributed by atoms with van der Waals surface area (Å²) in [6.45, 7) is 4.47. The average Bonchev–Trinajstić information content (AvgIpc) is 3.14. The fraction of sp³-hybridized carbons (Fsp3) is 0.467. The number of rotatable bonds is 4. The molecule has 0 radical (unpaired) electrons. The lowest BCUT2D eigenvalue weighted by Crippen LogP contribution is -2.31. The Labute approximate surface area is 127 Å². The van der Waals surface area contributed by atoms with E-state index in [2.05, 4.69) is 10.3 Å². The molecule has 4 N–H and O–H groups in total. The van der Waals surface area contributed by atoms with Gasteiger partial charge in [-0.05, 0) is 32.8 Å². The molecule has 0 bridgehead atoms. The van der Waals surface area contributed by atoms with Crippen LogP contribution in [0.25, 0.3) is 10.1 Å². The first-order valence-corrected chi connectivity index (χ1v) is 7.83. The van der Waals surface area contributed by atoms with Crippen LogP contribution in [0.1, 0.15) is 33.9 Å². The van der Waals surface area contributed by atoms with Gasteiger partial charge in [-0.1, -0.05) is 0 Å². The highest BCUT2D eigenvalue weighted by atomic mass is 32.1. The minimum Gasteiger partial charge on any atom is -0.397 e. The molecule has 0 saturated heterocycles. The molecule has 0 atom stereocenters. The van der Waals surface area contributed by atoms with Gasteiger partial charge in [0, 0.05) is 33.4 Å². The molecule has 2 aromatic rings. The predicted octanol–water partition coefficient (Wildman–Crippen LogP) is 2.00. The number of carbonyl (C=O) groups excluding carboxylic acids is 1. The molecule has 0 spiro atoms. The van der Waals surface area contributed by atoms with Crippen molar-refractivity contribution in [1.82, 2.24) is 10.3 Å². The molecule has 1 saturated carbocycles. The number of nitrogens with two attached hydrogens (primary N) is 1. The summed E-state index contributed by atoms with van der Waals surface area (Å²) in [7, 11) is 0. The van der Waals surface area contributed by atoms with Gasteiger partial charge < -0.3 is 16.2 Å². The van der Waals surface area contributed by atoms with Crippen molar-refractivity contribution >= 4 is 33.0 Å². The molecule has 1 fully saturated rings. The van der Waals surface area contributed by atoms with Crippen LogP contribution >= 0.6 is 11.3 Å². The summed E-state index contributed by atoms with van der Waals surface area (Å²) in [5.74, 6) is -0.162. The van der Waals surface area contributed by atoms with E-state index < -0.39 is 0 Å². The Morgan fingerprint density at radius 3 is 2.86 bits per heavy atom. The van der Waals surface area contributed by atoms with Crippen molar-refractivity contribution in [2.24, 2.45) is 5.41 Å². The van der Waals surface area contributed by atoms with Crippen molar-refractivity contribution in [1.29, 1.82) is 0 Å². The average molecular weight is 305 g/mol. The van der Waals surface area contributed by atoms with E-state index >= 15 is 0 Å². The Kier molecular flexibility index (Phi) is 3.37. The second-order valence-electron chi connectivity index (χ2n) is 5.91. The number of aliphatic hydroxyl groups is 1. The molecule has 2 heterocycles. The number of amides is 1. The minimum atomic E-state index is -0.162. The van der Waals surface area contributed by atoms with Gasteiger partial charge in [0.15, 0.2) is 0 Å². The van der Waals surface area contributed by atoms with Crippen molar-refractivity contribution in [3.8, 4) is 0 Å². The van der Waals surface area contributed by atoms with E-state index in [1.165, 1.54) is 11.3 Å². The lowest BCUT2D eigenvalue weighted by atomic mass is 10.1. The molecular formula is C15H19N3O2S. The standard InChI is InChI=1S/C15H19N3O2S/c1-8-5-10-11(9(2)18-8)12(16)13(21-10)14(20)17-6-15(7-19)3-4-15/h5,19H,3-4,6-7,16H2,1-2H3,(H,17,20). The number of aryl methyl sites for hydroxylation is 2. The summed E-state index contributed by atoms with van der Waals surface area (Å²) in [6.07, 6.45) is 1.93. The number of carbonyl (C=O) groups is 1. The van der Waals surface area contributed by atoms with E-state index in [9.17, 15) is 9.90 Å². The Hall–Kier alpha value is -1.66. The van der Waals surface area contributed by atoms with Crippen LogP contribution in [-0.4, -0.2) is 29.1 Å². The van der Waals surface area contributed by atoms with E-state index in [1.54, 1.807) is 0 Å². The lowest BCUT2D eigenvalue weighted by molar-refractivity contribution is 0.0940. The van der Waals surface area contributed by atoms with Crippen molar-refractivity contribution < 1.29 is 9.90 Å². The minimum absolute atomic E-state index is 0.102. The van der Waals surface area contributed by atoms with Crippen LogP contribution in [0.2, 0.25) is 0 Å². The molecule has 0 aromatic carbocycles. The van der Waals surface area contributed by atoms with Gasteiger partial charge in [0.05, 0.1) is 12.3 Å². The van der Waals surface area contributed by atoms with Crippen LogP contribution in [-0.2, 0) is 0 Å². The highest BCUT2D eigenvalue weighted by Gasteiger charge is 2.42. The molecule has 112 valence electrons. The number of pyridine rings is 1. The third-order valence-electron chi connectivity index (χ3n) is 4.14. The maximum absolute atomic E-state index is 12.3. The van der Waals surface area contributed by atoms with Crippen LogP contribution < -0.4 is 11.1 Å². The van der Waals surface area contributed by atoms with Gasteiger partial charge in [0.25, 0.3) is 5.91 Å². The number of nitrogens with one attached hydrogen (secondary N) is 1. The van der Waals surface area contributed by atoms with Crippen molar-refractivity contribution in [3.63, 3.8) is 0 Å². The molecule has 21 heavy (non-hydrogen) atoms. The van der Waals surface area contributed by atoms with E-state index in [0.29, 0.717) is 17.1 Å². The molecule has 0 unspecified atom stereocenters. The van der Waals surface area contributed by atoms with Gasteiger partial charge in [-0.15, -0.1) is 11.3 Å². The zero-order chi connectivity index (χ0) is 15.2. The lowest BCUT2D eigenvalue weighted by Gasteiger charge is -2.12. The first-order valence-electron chi connectivity index (χ1n) is 7.01. The smallest absolute Gasteiger partial charge is 0.263 e. The van der Waals surface area contributed by atoms with Crippen LogP contribution in [0.5, 0.6) is 0 Å². The van der Waals surface area contributed by atoms with Crippen LogP contribution in [0.15, 0.2) is 6.07 Å². The van der Waals surface area contributed by atoms with Gasteiger partial charge in [0.1, 0.15) is 4.88 Å². The van der Waals surface area contributed by atoms with Crippen molar-refractivity contribution in [2.75, 3.05) is 18.9 Å². The third-order valence-corrected chi connectivity index (χ3v) is 5.29. The van der Waals surface area contributed by atoms with E-state index in [-0.39, 0.29) is 17.9 Å². The van der Waals surface area contributed by atoms with Crippen LogP contribution in [0.4, 0.5) is 5.69 Å². The molecule has 6 heteroatoms. The van der Waals surface area contributed by atoms with E-state index in [0.717, 1.165) is 34.3 Å². The summed E-state index contributed by atoms with van der Waals surface area (Å²) in [5, 5.41) is 13.1. The van der Waals surface area contributed by atoms with Gasteiger partial charge in [0.2, 0.25) is 0 Å². The molecule has 1 aliphatic rings. The molecule has 1 aliphatic carbocycles. The first-order chi connectivity index (χ1) is 9.96. The molecule has 5 nitrogen and oxygen atoms in total. The largest absolute Gasteiger partial charge is 0.397 e. The van der Waals surface area contributed by atoms with Gasteiger partial charge in [-0.3, -0.25) is 9.78 Å². The summed E-state index contributed by atoms with van der Waals surface area (Å²) in [5.41, 5.74) is 8.32. The van der Waals surface area contributed by atoms with Crippen LogP contribution in [0.3, 0.4) is 0 Å². The van der Waals surface area contributed by atoms with Gasteiger partial charge >= 0.3 is 0 Å². The Bertz CT molecular complexity index is 719. The molecule has 1 amide bonds. The number of thiophene rings is 1. The molecule has 0 aliphatic heterocycles. The second kappa shape index (κ2) is 4.96. The Morgan fingerprint density at radius 1 is 1.52 bits per heavy atom. The third kappa shape index (κ3) is 2.49. The van der Waals surface area contributed by atoms with Crippen molar-refractivity contribution in [2.45, 2.75) is 26.7 Å². The second-order valence-corrected chi connectivity index (χ2v) is 6.96. The maximum Gasteiger partial charge on any atom is 0.263 e. The maximum atomic E-state index is 12.3. The highest BCUT2D eigenvalue weighted by Crippen LogP contribution is 2.44. The number of fused-ring (bicyclic) bond motifs is 1. The zero-order valence-corrected chi connectivity index (χ0v) is 13.0. The van der Waals surface area contributed by atoms with Crippen LogP contribution in [0, 0.1) is 19.3 Å². The van der Waals surface area contributed by atoms with E-state index in [4.69, 9.17) is 5.73 Å². The summed E-state index contributed by atoms with van der Waals surface area (Å²) >= 11 is 1.40. The summed E-state index contributed by atoms with van der Waals surface area (Å²) in [6, 6.07) is 1.95. The van der Waals surface area contributed by atoms with Crippen molar-refractivity contribution in [3.05, 3.63) is 22.3 Å². The van der Waals surface area contributed by atoms with Gasteiger partial charge in [-0.2, -0.15) is 0 Å². The zero-order valence-electron chi connectivity index (χ0n) is 12.2. The fourth-order valence-electron chi connectivity index (χ4n) is 2.56. The number of aromatic nitrogens is 1. The number of nitrogens with zero attached hydrogens (tertiary/aromatic N) is 1. The summed E-state index contributed by atoms with van der Waals surface area (Å²) < 4.78 is 0.992. The quantitative estimate of drug-likeness (QED) is 0.806. The number of aliphatic hydroxyl groups excluding tert-OH is 1. The monoisotopic (exact) mass is 305 g/mol. The highest BCUT2D eigenvalue weighted by molar-refractivity contribution is 7.21. The number of nitrogen functional groups attached to an aromatic ring is 1. The number of hydrogen-bond acceptors (Lipinski definition) is 5. The number of anilines is 1. The molecular weight excluding hydrogens is 286 g/mol. The fourth-order valence-corrected chi connectivity index (χ4v) is 3.75. The molecule has 2 aromatic heterocycles. The SMILES string of the molecule is Cc1cc2sc(C(=O)NCC3(CO)CC3)c(N)c2c(C)n1. The topological polar surface area (TPSA) is 88.2 Å². The number of hydrogen-bond donors (Lipinski definition) is 3. The predicted molar refractivity (Wildman–Crippen MR) is 84.6 cm³/mol.